The first-order valence-corrected chi connectivity index (χ1v) is 7.71. The lowest BCUT2D eigenvalue weighted by Crippen LogP contribution is -2.37. The zero-order valence-electron chi connectivity index (χ0n) is 13.6. The van der Waals surface area contributed by atoms with Crippen molar-refractivity contribution < 1.29 is 4.79 Å². The minimum Gasteiger partial charge on any atom is -0.370 e. The topological polar surface area (TPSA) is 70.2 Å². The number of carbonyl (C=O) groups is 1. The lowest BCUT2D eigenvalue weighted by atomic mass is 10.2. The summed E-state index contributed by atoms with van der Waals surface area (Å²) < 4.78 is 0. The maximum atomic E-state index is 11.7. The molecule has 6 nitrogen and oxygen atoms in total. The normalized spacial score (nSPS) is 10.3. The van der Waals surface area contributed by atoms with E-state index in [-0.39, 0.29) is 5.91 Å². The van der Waals surface area contributed by atoms with Crippen molar-refractivity contribution in [2.45, 2.75) is 40.0 Å². The lowest BCUT2D eigenvalue weighted by Gasteiger charge is -2.25. The Kier molecular flexibility index (Phi) is 7.50. The molecule has 0 aromatic carbocycles. The summed E-state index contributed by atoms with van der Waals surface area (Å²) in [6, 6.07) is 0. The molecule has 0 bridgehead atoms. The van der Waals surface area contributed by atoms with Gasteiger partial charge in [-0.1, -0.05) is 20.8 Å². The predicted molar refractivity (Wildman–Crippen MR) is 86.8 cm³/mol. The monoisotopic (exact) mass is 293 g/mol. The fraction of sp³-hybridized carbons (Fsp3) is 0.667. The number of nitrogens with one attached hydrogen (secondary N) is 2. The Hall–Kier alpha value is -1.85. The zero-order valence-corrected chi connectivity index (χ0v) is 13.6. The van der Waals surface area contributed by atoms with E-state index < -0.39 is 0 Å². The van der Waals surface area contributed by atoms with Gasteiger partial charge in [-0.2, -0.15) is 0 Å². The number of anilines is 2. The van der Waals surface area contributed by atoms with Crippen LogP contribution < -0.4 is 15.5 Å². The third kappa shape index (κ3) is 4.88. The van der Waals surface area contributed by atoms with Crippen LogP contribution in [0.3, 0.4) is 0 Å². The van der Waals surface area contributed by atoms with Crippen LogP contribution in [0, 0.1) is 0 Å². The molecule has 0 aliphatic carbocycles. The average Bonchev–Trinajstić information content (AvgIpc) is 2.51. The van der Waals surface area contributed by atoms with Crippen LogP contribution in [0.1, 0.15) is 39.2 Å². The van der Waals surface area contributed by atoms with Gasteiger partial charge >= 0.3 is 0 Å². The maximum absolute atomic E-state index is 11.7. The van der Waals surface area contributed by atoms with Gasteiger partial charge in [0.25, 0.3) is 0 Å². The Morgan fingerprint density at radius 3 is 2.57 bits per heavy atom. The summed E-state index contributed by atoms with van der Waals surface area (Å²) >= 11 is 0. The number of aromatic nitrogens is 2. The summed E-state index contributed by atoms with van der Waals surface area (Å²) in [6.45, 7) is 8.30. The summed E-state index contributed by atoms with van der Waals surface area (Å²) in [4.78, 5) is 22.5. The Balaban J connectivity index is 3.08. The molecule has 0 aliphatic heterocycles. The number of nitrogens with zero attached hydrogens (tertiary/aromatic N) is 3. The average molecular weight is 293 g/mol. The molecule has 0 aliphatic rings. The van der Waals surface area contributed by atoms with Gasteiger partial charge in [-0.25, -0.2) is 9.97 Å². The zero-order chi connectivity index (χ0) is 15.7. The number of hydrogen-bond donors (Lipinski definition) is 2. The van der Waals surface area contributed by atoms with Crippen molar-refractivity contribution in [1.29, 1.82) is 0 Å². The van der Waals surface area contributed by atoms with Crippen LogP contribution in [-0.4, -0.2) is 42.6 Å². The molecule has 0 saturated heterocycles. The molecular formula is C15H27N5O. The molecule has 21 heavy (non-hydrogen) atoms. The second-order valence-corrected chi connectivity index (χ2v) is 4.90. The van der Waals surface area contributed by atoms with Gasteiger partial charge in [0.2, 0.25) is 5.91 Å². The molecule has 6 heteroatoms. The number of rotatable bonds is 9. The number of hydrogen-bond acceptors (Lipinski definition) is 5. The van der Waals surface area contributed by atoms with Gasteiger partial charge in [0.05, 0.1) is 6.54 Å². The van der Waals surface area contributed by atoms with Gasteiger partial charge in [-0.15, -0.1) is 0 Å². The van der Waals surface area contributed by atoms with E-state index in [1.807, 2.05) is 4.90 Å². The van der Waals surface area contributed by atoms with Gasteiger partial charge in [-0.05, 0) is 19.3 Å². The van der Waals surface area contributed by atoms with Crippen molar-refractivity contribution >= 4 is 17.5 Å². The van der Waals surface area contributed by atoms with Gasteiger partial charge in [-0.3, -0.25) is 4.79 Å². The molecule has 1 rings (SSSR count). The fourth-order valence-corrected chi connectivity index (χ4v) is 2.18. The Bertz CT molecular complexity index is 450. The molecule has 118 valence electrons. The van der Waals surface area contributed by atoms with Crippen molar-refractivity contribution in [1.82, 2.24) is 15.3 Å². The third-order valence-corrected chi connectivity index (χ3v) is 3.22. The highest BCUT2D eigenvalue weighted by Crippen LogP contribution is 2.24. The minimum atomic E-state index is -0.00724. The summed E-state index contributed by atoms with van der Waals surface area (Å²) in [5.74, 6) is 1.73. The lowest BCUT2D eigenvalue weighted by molar-refractivity contribution is -0.119. The van der Waals surface area contributed by atoms with E-state index in [0.717, 1.165) is 49.6 Å². The largest absolute Gasteiger partial charge is 0.370 e. The van der Waals surface area contributed by atoms with Crippen molar-refractivity contribution in [2.75, 3.05) is 36.9 Å². The van der Waals surface area contributed by atoms with Crippen molar-refractivity contribution in [3.05, 3.63) is 11.9 Å². The van der Waals surface area contributed by atoms with E-state index in [1.54, 1.807) is 13.4 Å². The molecule has 1 amide bonds. The highest BCUT2D eigenvalue weighted by atomic mass is 16.1. The summed E-state index contributed by atoms with van der Waals surface area (Å²) in [7, 11) is 1.65. The predicted octanol–water partition coefficient (Wildman–Crippen LogP) is 1.82. The van der Waals surface area contributed by atoms with E-state index in [0.29, 0.717) is 6.54 Å². The fourth-order valence-electron chi connectivity index (χ4n) is 2.18. The Labute approximate surface area is 127 Å². The second-order valence-electron chi connectivity index (χ2n) is 4.90. The molecular weight excluding hydrogens is 266 g/mol. The first-order chi connectivity index (χ1) is 10.2. The number of carbonyl (C=O) groups excluding carboxylic acids is 1. The first-order valence-electron chi connectivity index (χ1n) is 7.71. The Morgan fingerprint density at radius 2 is 2.00 bits per heavy atom. The van der Waals surface area contributed by atoms with Gasteiger partial charge < -0.3 is 15.5 Å². The van der Waals surface area contributed by atoms with Gasteiger partial charge in [0.1, 0.15) is 18.0 Å². The van der Waals surface area contributed by atoms with Crippen molar-refractivity contribution in [3.63, 3.8) is 0 Å². The van der Waals surface area contributed by atoms with Crippen LogP contribution in [-0.2, 0) is 11.2 Å². The summed E-state index contributed by atoms with van der Waals surface area (Å²) in [5.41, 5.74) is 1.07. The molecule has 1 heterocycles. The molecule has 2 N–H and O–H groups in total. The summed E-state index contributed by atoms with van der Waals surface area (Å²) in [6.07, 6.45) is 4.40. The van der Waals surface area contributed by atoms with E-state index in [1.165, 1.54) is 0 Å². The van der Waals surface area contributed by atoms with E-state index in [9.17, 15) is 4.79 Å². The molecule has 0 atom stereocenters. The minimum absolute atomic E-state index is 0.00724. The van der Waals surface area contributed by atoms with Gasteiger partial charge in [0, 0.05) is 25.7 Å². The smallest absolute Gasteiger partial charge is 0.239 e. The quantitative estimate of drug-likeness (QED) is 0.727. The number of likely N-dealkylation sites (N-methyl/N-ethyl adjacent to an activating group) is 1. The second kappa shape index (κ2) is 9.15. The SMILES string of the molecule is CCCNc1ncnc(N(CCC)CC(=O)NC)c1CC. The maximum Gasteiger partial charge on any atom is 0.239 e. The van der Waals surface area contributed by atoms with E-state index in [2.05, 4.69) is 41.4 Å². The van der Waals surface area contributed by atoms with Crippen LogP contribution in [0.15, 0.2) is 6.33 Å². The van der Waals surface area contributed by atoms with Crippen LogP contribution in [0.2, 0.25) is 0 Å². The Morgan fingerprint density at radius 1 is 1.24 bits per heavy atom. The molecule has 0 fully saturated rings. The van der Waals surface area contributed by atoms with E-state index >= 15 is 0 Å². The number of amides is 1. The van der Waals surface area contributed by atoms with Crippen molar-refractivity contribution in [3.8, 4) is 0 Å². The summed E-state index contributed by atoms with van der Waals surface area (Å²) in [5, 5.41) is 6.01. The molecule has 0 radical (unpaired) electrons. The molecule has 1 aromatic rings. The molecule has 0 spiro atoms. The molecule has 1 aromatic heterocycles. The first kappa shape index (κ1) is 17.2. The highest BCUT2D eigenvalue weighted by molar-refractivity contribution is 5.81. The van der Waals surface area contributed by atoms with Crippen LogP contribution in [0.5, 0.6) is 0 Å². The van der Waals surface area contributed by atoms with Crippen LogP contribution in [0.25, 0.3) is 0 Å². The standard InChI is InChI=1S/C15H27N5O/c1-5-8-17-14-12(7-3)15(19-11-18-14)20(9-6-2)10-13(21)16-4/h11H,5-10H2,1-4H3,(H,16,21)(H,17,18,19). The highest BCUT2D eigenvalue weighted by Gasteiger charge is 2.17. The third-order valence-electron chi connectivity index (χ3n) is 3.22. The molecule has 0 unspecified atom stereocenters. The van der Waals surface area contributed by atoms with E-state index in [4.69, 9.17) is 0 Å². The van der Waals surface area contributed by atoms with Crippen molar-refractivity contribution in [2.24, 2.45) is 0 Å². The van der Waals surface area contributed by atoms with Crippen LogP contribution in [0.4, 0.5) is 11.6 Å². The molecule has 0 saturated carbocycles. The van der Waals surface area contributed by atoms with Gasteiger partial charge in [0.15, 0.2) is 0 Å². The van der Waals surface area contributed by atoms with Crippen LogP contribution >= 0.6 is 0 Å².